The van der Waals surface area contributed by atoms with Gasteiger partial charge in [0.2, 0.25) is 0 Å². The Morgan fingerprint density at radius 1 is 1.35 bits per heavy atom. The molecular weight excluding hydrogens is 277 g/mol. The van der Waals surface area contributed by atoms with Crippen molar-refractivity contribution in [1.82, 2.24) is 0 Å². The minimum atomic E-state index is -4.59. The van der Waals surface area contributed by atoms with Crippen LogP contribution in [0.4, 0.5) is 13.2 Å². The molecule has 20 heavy (non-hydrogen) atoms. The summed E-state index contributed by atoms with van der Waals surface area (Å²) in [5, 5.41) is 0.0385. The lowest BCUT2D eigenvalue weighted by Crippen LogP contribution is -2.08. The lowest BCUT2D eigenvalue weighted by Gasteiger charge is -2.11. The van der Waals surface area contributed by atoms with Crippen LogP contribution in [0.15, 0.2) is 22.8 Å². The molecule has 0 aliphatic carbocycles. The number of carbonyl (C=O) groups is 1. The van der Waals surface area contributed by atoms with E-state index in [1.807, 2.05) is 0 Å². The van der Waals surface area contributed by atoms with Gasteiger partial charge in [-0.15, -0.1) is 0 Å². The van der Waals surface area contributed by atoms with E-state index in [1.165, 1.54) is 0 Å². The van der Waals surface area contributed by atoms with Gasteiger partial charge in [-0.25, -0.2) is 4.79 Å². The van der Waals surface area contributed by atoms with Crippen molar-refractivity contribution in [3.05, 3.63) is 29.5 Å². The van der Waals surface area contributed by atoms with Crippen LogP contribution in [0.5, 0.6) is 5.75 Å². The predicted molar refractivity (Wildman–Crippen MR) is 63.7 cm³/mol. The van der Waals surface area contributed by atoms with E-state index in [0.717, 1.165) is 25.5 Å². The molecule has 2 rings (SSSR count). The molecule has 7 heteroatoms. The summed E-state index contributed by atoms with van der Waals surface area (Å²) in [4.78, 5) is 11.6. The molecule has 0 aliphatic rings. The lowest BCUT2D eigenvalue weighted by molar-refractivity contribution is -0.138. The van der Waals surface area contributed by atoms with Gasteiger partial charge >= 0.3 is 12.1 Å². The van der Waals surface area contributed by atoms with E-state index in [-0.39, 0.29) is 28.9 Å². The normalized spacial score (nSPS) is 11.7. The summed E-state index contributed by atoms with van der Waals surface area (Å²) in [5.74, 6) is -1.10. The van der Waals surface area contributed by atoms with Crippen molar-refractivity contribution in [1.29, 1.82) is 0 Å². The fourth-order valence-electron chi connectivity index (χ4n) is 1.81. The fraction of sp³-hybridized carbons (Fsp3) is 0.308. The van der Waals surface area contributed by atoms with Crippen molar-refractivity contribution in [2.75, 3.05) is 13.7 Å². The van der Waals surface area contributed by atoms with Crippen molar-refractivity contribution >= 4 is 16.9 Å². The average molecular weight is 288 g/mol. The maximum Gasteiger partial charge on any atom is 0.419 e. The maximum absolute atomic E-state index is 12.9. The molecule has 0 atom stereocenters. The van der Waals surface area contributed by atoms with E-state index < -0.39 is 17.7 Å². The summed E-state index contributed by atoms with van der Waals surface area (Å²) in [6.07, 6.45) is -3.52. The molecular formula is C13H11F3O4. The zero-order chi connectivity index (χ0) is 14.9. The number of fused-ring (bicyclic) bond motifs is 1. The van der Waals surface area contributed by atoms with Gasteiger partial charge in [0.15, 0.2) is 0 Å². The number of benzene rings is 1. The summed E-state index contributed by atoms with van der Waals surface area (Å²) >= 11 is 0. The van der Waals surface area contributed by atoms with E-state index >= 15 is 0 Å². The van der Waals surface area contributed by atoms with Crippen LogP contribution in [0.3, 0.4) is 0 Å². The largest absolute Gasteiger partial charge is 0.496 e. The van der Waals surface area contributed by atoms with Gasteiger partial charge in [-0.3, -0.25) is 0 Å². The quantitative estimate of drug-likeness (QED) is 0.809. The van der Waals surface area contributed by atoms with Gasteiger partial charge in [0.05, 0.1) is 19.3 Å². The van der Waals surface area contributed by atoms with Gasteiger partial charge in [0, 0.05) is 11.5 Å². The Balaban J connectivity index is 2.64. The molecule has 0 N–H and O–H groups in total. The zero-order valence-electron chi connectivity index (χ0n) is 10.7. The number of halogens is 3. The molecule has 1 aromatic heterocycles. The second kappa shape index (κ2) is 5.07. The lowest BCUT2D eigenvalue weighted by atomic mass is 10.1. The molecule has 108 valence electrons. The van der Waals surface area contributed by atoms with Crippen molar-refractivity contribution in [3.63, 3.8) is 0 Å². The van der Waals surface area contributed by atoms with E-state index in [0.29, 0.717) is 0 Å². The molecule has 0 saturated carbocycles. The number of carbonyl (C=O) groups excluding carboxylic acids is 1. The van der Waals surface area contributed by atoms with Crippen LogP contribution >= 0.6 is 0 Å². The highest BCUT2D eigenvalue weighted by Gasteiger charge is 2.35. The van der Waals surface area contributed by atoms with E-state index in [2.05, 4.69) is 0 Å². The van der Waals surface area contributed by atoms with Crippen LogP contribution < -0.4 is 4.74 Å². The molecule has 0 spiro atoms. The van der Waals surface area contributed by atoms with Crippen LogP contribution in [-0.4, -0.2) is 19.7 Å². The highest BCUT2D eigenvalue weighted by Crippen LogP contribution is 2.39. The van der Waals surface area contributed by atoms with E-state index in [1.54, 1.807) is 6.92 Å². The highest BCUT2D eigenvalue weighted by atomic mass is 19.4. The smallest absolute Gasteiger partial charge is 0.419 e. The third-order valence-corrected chi connectivity index (χ3v) is 2.70. The summed E-state index contributed by atoms with van der Waals surface area (Å²) < 4.78 is 53.3. The molecule has 0 bridgehead atoms. The van der Waals surface area contributed by atoms with Crippen LogP contribution in [0, 0.1) is 0 Å². The molecule has 0 radical (unpaired) electrons. The first-order valence-corrected chi connectivity index (χ1v) is 5.72. The van der Waals surface area contributed by atoms with Crippen LogP contribution in [-0.2, 0) is 10.9 Å². The highest BCUT2D eigenvalue weighted by molar-refractivity contribution is 6.03. The van der Waals surface area contributed by atoms with Crippen LogP contribution in [0.2, 0.25) is 0 Å². The second-order valence-electron chi connectivity index (χ2n) is 3.92. The molecule has 0 saturated heterocycles. The number of esters is 1. The van der Waals surface area contributed by atoms with Crippen molar-refractivity contribution in [3.8, 4) is 5.75 Å². The van der Waals surface area contributed by atoms with Crippen LogP contribution in [0.1, 0.15) is 22.8 Å². The van der Waals surface area contributed by atoms with Crippen LogP contribution in [0.25, 0.3) is 11.0 Å². The fourth-order valence-corrected chi connectivity index (χ4v) is 1.81. The monoisotopic (exact) mass is 288 g/mol. The molecule has 1 heterocycles. The third kappa shape index (κ3) is 2.43. The van der Waals surface area contributed by atoms with Gasteiger partial charge in [0.25, 0.3) is 0 Å². The van der Waals surface area contributed by atoms with E-state index in [9.17, 15) is 18.0 Å². The second-order valence-corrected chi connectivity index (χ2v) is 3.92. The molecule has 4 nitrogen and oxygen atoms in total. The van der Waals surface area contributed by atoms with Gasteiger partial charge in [-0.05, 0) is 13.0 Å². The molecule has 0 aliphatic heterocycles. The minimum absolute atomic E-state index is 0.0385. The van der Waals surface area contributed by atoms with Gasteiger partial charge in [0.1, 0.15) is 23.2 Å². The number of furan rings is 1. The zero-order valence-corrected chi connectivity index (χ0v) is 10.7. The standard InChI is InChI=1S/C13H11F3O4/c1-3-19-12(17)8-6-20-10-5-11(18-2)9(4-7(8)10)13(14,15)16/h4-6H,3H2,1-2H3. The number of rotatable bonds is 3. The van der Waals surface area contributed by atoms with Crippen molar-refractivity contribution < 1.29 is 31.9 Å². The van der Waals surface area contributed by atoms with Gasteiger partial charge in [-0.1, -0.05) is 0 Å². The van der Waals surface area contributed by atoms with Gasteiger partial charge < -0.3 is 13.9 Å². The van der Waals surface area contributed by atoms with Crippen molar-refractivity contribution in [2.24, 2.45) is 0 Å². The maximum atomic E-state index is 12.9. The first-order chi connectivity index (χ1) is 9.38. The van der Waals surface area contributed by atoms with E-state index in [4.69, 9.17) is 13.9 Å². The Hall–Kier alpha value is -2.18. The summed E-state index contributed by atoms with van der Waals surface area (Å²) in [6, 6.07) is 1.92. The third-order valence-electron chi connectivity index (χ3n) is 2.70. The first-order valence-electron chi connectivity index (χ1n) is 5.72. The Labute approximate surface area is 112 Å². The average Bonchev–Trinajstić information content (AvgIpc) is 2.79. The number of hydrogen-bond acceptors (Lipinski definition) is 4. The minimum Gasteiger partial charge on any atom is -0.496 e. The molecule has 0 amide bonds. The summed E-state index contributed by atoms with van der Waals surface area (Å²) in [7, 11) is 1.13. The summed E-state index contributed by atoms with van der Waals surface area (Å²) in [5.41, 5.74) is -0.896. The molecule has 0 unspecified atom stereocenters. The number of alkyl halides is 3. The summed E-state index contributed by atoms with van der Waals surface area (Å²) in [6.45, 7) is 1.72. The number of ether oxygens (including phenoxy) is 2. The predicted octanol–water partition coefficient (Wildman–Crippen LogP) is 3.64. The Morgan fingerprint density at radius 2 is 2.05 bits per heavy atom. The topological polar surface area (TPSA) is 48.7 Å². The Morgan fingerprint density at radius 3 is 2.60 bits per heavy atom. The molecule has 2 aromatic rings. The molecule has 1 aromatic carbocycles. The van der Waals surface area contributed by atoms with Crippen molar-refractivity contribution in [2.45, 2.75) is 13.1 Å². The first kappa shape index (κ1) is 14.2. The van der Waals surface area contributed by atoms with Gasteiger partial charge in [-0.2, -0.15) is 13.2 Å². The Kier molecular flexibility index (Phi) is 3.61. The Bertz CT molecular complexity index is 643. The number of methoxy groups -OCH3 is 1. The molecule has 0 fully saturated rings. The SMILES string of the molecule is CCOC(=O)c1coc2cc(OC)c(C(F)(F)F)cc12. The number of hydrogen-bond donors (Lipinski definition) is 0.